The number of unbranched alkanes of at least 4 members (excludes halogenated alkanes) is 1. The number of esters is 1. The van der Waals surface area contributed by atoms with E-state index in [9.17, 15) is 9.59 Å². The van der Waals surface area contributed by atoms with Crippen molar-refractivity contribution in [2.75, 3.05) is 13.2 Å². The highest BCUT2D eigenvalue weighted by molar-refractivity contribution is 6.12. The second-order valence-electron chi connectivity index (χ2n) is 8.66. The van der Waals surface area contributed by atoms with Crippen LogP contribution in [0.5, 0.6) is 0 Å². The molecule has 0 radical (unpaired) electrons. The molecule has 2 atom stereocenters. The maximum absolute atomic E-state index is 13.2. The molecule has 6 nitrogen and oxygen atoms in total. The Labute approximate surface area is 172 Å². The van der Waals surface area contributed by atoms with Crippen molar-refractivity contribution in [3.05, 3.63) is 41.4 Å². The number of aliphatic imine (C=N–C) groups is 1. The zero-order valence-electron chi connectivity index (χ0n) is 17.6. The lowest BCUT2D eigenvalue weighted by atomic mass is 9.63. The summed E-state index contributed by atoms with van der Waals surface area (Å²) >= 11 is 0. The molecule has 1 fully saturated rings. The number of Topliss-reactive ketones (excluding diaryl/α,β-unsaturated/α-hetero) is 1. The molecular formula is C23H31N3O3. The Bertz CT molecular complexity index is 827. The molecular weight excluding hydrogens is 366 g/mol. The number of carbonyl (C=O) groups is 2. The van der Waals surface area contributed by atoms with Crippen molar-refractivity contribution >= 4 is 17.5 Å². The van der Waals surface area contributed by atoms with Crippen LogP contribution in [0.4, 0.5) is 0 Å². The average molecular weight is 398 g/mol. The number of rotatable bonds is 7. The zero-order chi connectivity index (χ0) is 21.0. The van der Waals surface area contributed by atoms with E-state index in [1.807, 2.05) is 12.1 Å². The molecule has 0 bridgehead atoms. The number of nitrogens with two attached hydrogens (primary N) is 1. The van der Waals surface area contributed by atoms with Crippen molar-refractivity contribution in [3.63, 3.8) is 0 Å². The number of fused-ring (bicyclic) bond motifs is 1. The van der Waals surface area contributed by atoms with Crippen molar-refractivity contribution in [2.45, 2.75) is 58.8 Å². The number of carbonyl (C=O) groups excluding carboxylic acids is 2. The van der Waals surface area contributed by atoms with Gasteiger partial charge in [0.05, 0.1) is 23.8 Å². The Hall–Kier alpha value is -2.34. The summed E-state index contributed by atoms with van der Waals surface area (Å²) in [6, 6.07) is 3.78. The van der Waals surface area contributed by atoms with Crippen molar-refractivity contribution in [1.29, 1.82) is 0 Å². The van der Waals surface area contributed by atoms with Gasteiger partial charge < -0.3 is 10.5 Å². The van der Waals surface area contributed by atoms with E-state index in [0.29, 0.717) is 25.0 Å². The SMILES string of the molecule is CCOC(=O)C1=C(CCCCN)N=C2CC(C)(C)CC(=O)C2C1c1cccnc1. The summed E-state index contributed by atoms with van der Waals surface area (Å²) in [7, 11) is 0. The van der Waals surface area contributed by atoms with Crippen molar-refractivity contribution in [2.24, 2.45) is 22.1 Å². The fraction of sp³-hybridized carbons (Fsp3) is 0.565. The largest absolute Gasteiger partial charge is 0.463 e. The topological polar surface area (TPSA) is 94.6 Å². The lowest BCUT2D eigenvalue weighted by Gasteiger charge is -2.41. The van der Waals surface area contributed by atoms with Gasteiger partial charge in [-0.05, 0) is 56.2 Å². The molecule has 3 rings (SSSR count). The molecule has 1 aromatic heterocycles. The molecule has 2 heterocycles. The molecule has 6 heteroatoms. The predicted octanol–water partition coefficient (Wildman–Crippen LogP) is 3.57. The van der Waals surface area contributed by atoms with Crippen LogP contribution < -0.4 is 5.73 Å². The first-order chi connectivity index (χ1) is 13.9. The minimum atomic E-state index is -0.426. The summed E-state index contributed by atoms with van der Waals surface area (Å²) in [5.74, 6) is -1.07. The smallest absolute Gasteiger partial charge is 0.336 e. The van der Waals surface area contributed by atoms with Crippen LogP contribution in [0.15, 0.2) is 40.8 Å². The third-order valence-electron chi connectivity index (χ3n) is 5.66. The molecule has 2 N–H and O–H groups in total. The second-order valence-corrected chi connectivity index (χ2v) is 8.66. The standard InChI is InChI=1S/C23H31N3O3/c1-4-29-22(28)21-16(9-5-6-10-24)26-17-12-23(2,3)13-18(27)20(17)19(21)15-8-7-11-25-14-15/h7-8,11,14,19-20H,4-6,9-10,12-13,24H2,1-3H3. The van der Waals surface area contributed by atoms with Gasteiger partial charge in [0, 0.05) is 30.4 Å². The van der Waals surface area contributed by atoms with E-state index in [2.05, 4.69) is 18.8 Å². The maximum Gasteiger partial charge on any atom is 0.336 e. The molecule has 0 spiro atoms. The number of ketones is 1. The second kappa shape index (κ2) is 8.99. The van der Waals surface area contributed by atoms with Gasteiger partial charge in [0.2, 0.25) is 0 Å². The number of nitrogens with zero attached hydrogens (tertiary/aromatic N) is 2. The number of pyridine rings is 1. The van der Waals surface area contributed by atoms with E-state index in [1.165, 1.54) is 0 Å². The maximum atomic E-state index is 13.2. The Morgan fingerprint density at radius 1 is 1.28 bits per heavy atom. The molecule has 0 amide bonds. The molecule has 29 heavy (non-hydrogen) atoms. The molecule has 1 aliphatic heterocycles. The minimum absolute atomic E-state index is 0.129. The Balaban J connectivity index is 2.15. The molecule has 156 valence electrons. The van der Waals surface area contributed by atoms with Crippen LogP contribution in [0.2, 0.25) is 0 Å². The van der Waals surface area contributed by atoms with Crippen LogP contribution in [-0.2, 0) is 14.3 Å². The van der Waals surface area contributed by atoms with Crippen LogP contribution >= 0.6 is 0 Å². The Morgan fingerprint density at radius 3 is 2.72 bits per heavy atom. The van der Waals surface area contributed by atoms with Gasteiger partial charge in [-0.1, -0.05) is 19.9 Å². The first-order valence-corrected chi connectivity index (χ1v) is 10.5. The molecule has 1 aliphatic carbocycles. The van der Waals surface area contributed by atoms with Gasteiger partial charge in [-0.3, -0.25) is 14.8 Å². The van der Waals surface area contributed by atoms with E-state index in [4.69, 9.17) is 15.5 Å². The van der Waals surface area contributed by atoms with Gasteiger partial charge in [0.15, 0.2) is 0 Å². The number of ether oxygens (including phenoxy) is 1. The first kappa shape index (κ1) is 21.4. The number of hydrogen-bond donors (Lipinski definition) is 1. The van der Waals surface area contributed by atoms with Gasteiger partial charge in [-0.25, -0.2) is 4.79 Å². The van der Waals surface area contributed by atoms with Crippen LogP contribution in [0.3, 0.4) is 0 Å². The van der Waals surface area contributed by atoms with Crippen LogP contribution in [0.1, 0.15) is 64.4 Å². The average Bonchev–Trinajstić information content (AvgIpc) is 2.67. The number of aromatic nitrogens is 1. The molecule has 2 aliphatic rings. The van der Waals surface area contributed by atoms with Gasteiger partial charge in [0.25, 0.3) is 0 Å². The lowest BCUT2D eigenvalue weighted by molar-refractivity contribution is -0.139. The van der Waals surface area contributed by atoms with Crippen LogP contribution in [0.25, 0.3) is 0 Å². The van der Waals surface area contributed by atoms with Crippen molar-refractivity contribution < 1.29 is 14.3 Å². The summed E-state index contributed by atoms with van der Waals surface area (Å²) in [6.45, 7) is 6.86. The first-order valence-electron chi connectivity index (χ1n) is 10.5. The summed E-state index contributed by atoms with van der Waals surface area (Å²) < 4.78 is 5.40. The molecule has 1 aromatic rings. The normalized spacial score (nSPS) is 23.4. The highest BCUT2D eigenvalue weighted by atomic mass is 16.5. The molecule has 2 unspecified atom stereocenters. The fourth-order valence-corrected chi connectivity index (χ4v) is 4.50. The lowest BCUT2D eigenvalue weighted by Crippen LogP contribution is -2.44. The third kappa shape index (κ3) is 4.64. The highest BCUT2D eigenvalue weighted by Gasteiger charge is 2.48. The van der Waals surface area contributed by atoms with E-state index in [0.717, 1.165) is 36.2 Å². The van der Waals surface area contributed by atoms with Crippen LogP contribution in [-0.4, -0.2) is 35.6 Å². The van der Waals surface area contributed by atoms with Crippen molar-refractivity contribution in [1.82, 2.24) is 4.98 Å². The highest BCUT2D eigenvalue weighted by Crippen LogP contribution is 2.47. The van der Waals surface area contributed by atoms with Crippen molar-refractivity contribution in [3.8, 4) is 0 Å². The van der Waals surface area contributed by atoms with Gasteiger partial charge in [-0.2, -0.15) is 0 Å². The van der Waals surface area contributed by atoms with E-state index in [-0.39, 0.29) is 23.8 Å². The monoisotopic (exact) mass is 397 g/mol. The summed E-state index contributed by atoms with van der Waals surface area (Å²) in [4.78, 5) is 35.4. The number of hydrogen-bond acceptors (Lipinski definition) is 6. The third-order valence-corrected chi connectivity index (χ3v) is 5.66. The van der Waals surface area contributed by atoms with Gasteiger partial charge in [0.1, 0.15) is 5.78 Å². The van der Waals surface area contributed by atoms with E-state index in [1.54, 1.807) is 19.3 Å². The quantitative estimate of drug-likeness (QED) is 0.561. The Morgan fingerprint density at radius 2 is 2.07 bits per heavy atom. The van der Waals surface area contributed by atoms with E-state index >= 15 is 0 Å². The van der Waals surface area contributed by atoms with E-state index < -0.39 is 11.8 Å². The van der Waals surface area contributed by atoms with Gasteiger partial charge >= 0.3 is 5.97 Å². The van der Waals surface area contributed by atoms with Gasteiger partial charge in [-0.15, -0.1) is 0 Å². The Kier molecular flexibility index (Phi) is 6.63. The minimum Gasteiger partial charge on any atom is -0.463 e. The molecule has 1 saturated carbocycles. The van der Waals surface area contributed by atoms with Crippen LogP contribution in [0, 0.1) is 11.3 Å². The summed E-state index contributed by atoms with van der Waals surface area (Å²) in [5, 5.41) is 0. The summed E-state index contributed by atoms with van der Waals surface area (Å²) in [5.41, 5.74) is 8.53. The zero-order valence-corrected chi connectivity index (χ0v) is 17.6. The molecule has 0 aromatic carbocycles. The molecule has 0 saturated heterocycles. The predicted molar refractivity (Wildman–Crippen MR) is 112 cm³/mol. The fourth-order valence-electron chi connectivity index (χ4n) is 4.50. The summed E-state index contributed by atoms with van der Waals surface area (Å²) in [6.07, 6.45) is 7.01. The number of allylic oxidation sites excluding steroid dienone is 1.